The Bertz CT molecular complexity index is 1420. The lowest BCUT2D eigenvalue weighted by atomic mass is 9.69. The number of aromatic amines is 1. The average Bonchev–Trinajstić information content (AvgIpc) is 2.81. The molecular formula is C29H30ClN3O2S. The van der Waals surface area contributed by atoms with Gasteiger partial charge in [-0.15, -0.1) is 0 Å². The van der Waals surface area contributed by atoms with E-state index in [1.807, 2.05) is 36.4 Å². The minimum Gasteiger partial charge on any atom is -0.343 e. The first-order chi connectivity index (χ1) is 17.1. The van der Waals surface area contributed by atoms with E-state index in [9.17, 15) is 9.59 Å². The van der Waals surface area contributed by atoms with Gasteiger partial charge in [0.25, 0.3) is 5.56 Å². The van der Waals surface area contributed by atoms with E-state index in [0.29, 0.717) is 45.2 Å². The zero-order valence-electron chi connectivity index (χ0n) is 20.9. The number of hydrogen-bond acceptors (Lipinski definition) is 5. The van der Waals surface area contributed by atoms with Crippen molar-refractivity contribution in [1.82, 2.24) is 9.97 Å². The molecule has 2 aromatic carbocycles. The number of benzene rings is 2. The minimum atomic E-state index is -0.445. The maximum absolute atomic E-state index is 13.5. The molecule has 2 N–H and O–H groups in total. The van der Waals surface area contributed by atoms with Crippen LogP contribution < -0.4 is 10.9 Å². The quantitative estimate of drug-likeness (QED) is 0.279. The summed E-state index contributed by atoms with van der Waals surface area (Å²) in [4.78, 5) is 34.7. The fourth-order valence-corrected chi connectivity index (χ4v) is 6.28. The van der Waals surface area contributed by atoms with Crippen molar-refractivity contribution in [2.75, 3.05) is 5.32 Å². The Balaban J connectivity index is 1.58. The number of nitrogens with one attached hydrogen (secondary N) is 2. The topological polar surface area (TPSA) is 74.8 Å². The van der Waals surface area contributed by atoms with Gasteiger partial charge in [-0.1, -0.05) is 93.5 Å². The summed E-state index contributed by atoms with van der Waals surface area (Å²) in [7, 11) is 0. The monoisotopic (exact) mass is 519 g/mol. The molecule has 1 aliphatic carbocycles. The molecule has 0 fully saturated rings. The molecule has 3 aromatic rings. The van der Waals surface area contributed by atoms with Crippen LogP contribution >= 0.6 is 23.4 Å². The van der Waals surface area contributed by atoms with Gasteiger partial charge >= 0.3 is 0 Å². The molecule has 0 saturated carbocycles. The Hall–Kier alpha value is -2.83. The summed E-state index contributed by atoms with van der Waals surface area (Å²) in [5.74, 6) is 1.16. The lowest BCUT2D eigenvalue weighted by molar-refractivity contribution is -0.118. The third-order valence-electron chi connectivity index (χ3n) is 6.96. The second-order valence-electron chi connectivity index (χ2n) is 10.7. The fraction of sp³-hybridized carbons (Fsp3) is 0.345. The van der Waals surface area contributed by atoms with Crippen LogP contribution in [0.1, 0.15) is 74.6 Å². The molecule has 2 aliphatic rings. The number of ketones is 1. The molecule has 1 aliphatic heterocycles. The van der Waals surface area contributed by atoms with Crippen LogP contribution in [-0.2, 0) is 10.5 Å². The third kappa shape index (κ3) is 4.76. The normalized spacial score (nSPS) is 18.6. The highest BCUT2D eigenvalue weighted by Gasteiger charge is 2.42. The number of anilines is 1. The van der Waals surface area contributed by atoms with Crippen LogP contribution in [-0.4, -0.2) is 15.8 Å². The van der Waals surface area contributed by atoms with E-state index in [1.165, 1.54) is 17.3 Å². The first kappa shape index (κ1) is 24.8. The molecule has 186 valence electrons. The van der Waals surface area contributed by atoms with Gasteiger partial charge in [-0.05, 0) is 40.5 Å². The summed E-state index contributed by atoms with van der Waals surface area (Å²) in [6.07, 6.45) is 1.19. The Morgan fingerprint density at radius 3 is 2.50 bits per heavy atom. The van der Waals surface area contributed by atoms with Gasteiger partial charge in [0.05, 0.1) is 5.56 Å². The first-order valence-electron chi connectivity index (χ1n) is 12.3. The van der Waals surface area contributed by atoms with Crippen LogP contribution in [0.5, 0.6) is 0 Å². The highest BCUT2D eigenvalue weighted by Crippen LogP contribution is 2.47. The number of carbonyl (C=O) groups is 1. The molecular weight excluding hydrogens is 490 g/mol. The molecule has 5 rings (SSSR count). The SMILES string of the molecule is CC(C)c1ccc(C2C3=C(CC(C)(C)CC3=O)Nc3nc(SCc4ccccc4Cl)[nH]c(=O)c32)cc1. The van der Waals surface area contributed by atoms with Crippen molar-refractivity contribution >= 4 is 35.0 Å². The van der Waals surface area contributed by atoms with Gasteiger partial charge in [0.1, 0.15) is 5.82 Å². The zero-order chi connectivity index (χ0) is 25.6. The molecule has 0 radical (unpaired) electrons. The second-order valence-corrected chi connectivity index (χ2v) is 12.1. The number of Topliss-reactive ketones (excluding diaryl/α,β-unsaturated/α-hetero) is 1. The number of allylic oxidation sites excluding steroid dienone is 2. The number of nitrogens with zero attached hydrogens (tertiary/aromatic N) is 1. The van der Waals surface area contributed by atoms with E-state index in [0.717, 1.165) is 23.2 Å². The molecule has 2 heterocycles. The number of carbonyl (C=O) groups excluding carboxylic acids is 1. The number of aromatic nitrogens is 2. The Morgan fingerprint density at radius 1 is 1.08 bits per heavy atom. The van der Waals surface area contributed by atoms with Crippen molar-refractivity contribution in [3.05, 3.63) is 97.4 Å². The third-order valence-corrected chi connectivity index (χ3v) is 8.25. The summed E-state index contributed by atoms with van der Waals surface area (Å²) in [5, 5.41) is 4.60. The lowest BCUT2D eigenvalue weighted by Gasteiger charge is -2.38. The van der Waals surface area contributed by atoms with Crippen LogP contribution in [0.4, 0.5) is 5.82 Å². The van der Waals surface area contributed by atoms with Crippen molar-refractivity contribution in [1.29, 1.82) is 0 Å². The molecule has 1 atom stereocenters. The molecule has 1 aromatic heterocycles. The number of halogens is 1. The highest BCUT2D eigenvalue weighted by atomic mass is 35.5. The number of H-pyrrole nitrogens is 1. The average molecular weight is 520 g/mol. The van der Waals surface area contributed by atoms with Crippen molar-refractivity contribution in [3.8, 4) is 0 Å². The minimum absolute atomic E-state index is 0.0916. The number of rotatable bonds is 5. The molecule has 7 heteroatoms. The maximum atomic E-state index is 13.5. The van der Waals surface area contributed by atoms with E-state index < -0.39 is 5.92 Å². The van der Waals surface area contributed by atoms with Crippen LogP contribution in [0.25, 0.3) is 0 Å². The van der Waals surface area contributed by atoms with Gasteiger partial charge in [-0.2, -0.15) is 0 Å². The van der Waals surface area contributed by atoms with Crippen LogP contribution in [0.3, 0.4) is 0 Å². The standard InChI is InChI=1S/C29H30ClN3O2S/c1-16(2)17-9-11-18(12-10-17)23-24-21(13-29(3,4)14-22(24)34)31-26-25(23)27(35)33-28(32-26)36-15-19-7-5-6-8-20(19)30/h5-12,16,23H,13-15H2,1-4H3,(H2,31,32,33,35). The van der Waals surface area contributed by atoms with E-state index in [1.54, 1.807) is 0 Å². The fourth-order valence-electron chi connectivity index (χ4n) is 5.13. The molecule has 1 unspecified atom stereocenters. The molecule has 5 nitrogen and oxygen atoms in total. The number of fused-ring (bicyclic) bond motifs is 1. The van der Waals surface area contributed by atoms with Crippen molar-refractivity contribution in [2.45, 2.75) is 63.3 Å². The summed E-state index contributed by atoms with van der Waals surface area (Å²) in [6.45, 7) is 8.51. The van der Waals surface area contributed by atoms with Gasteiger partial charge in [-0.3, -0.25) is 9.59 Å². The van der Waals surface area contributed by atoms with Crippen LogP contribution in [0, 0.1) is 5.41 Å². The Labute approximate surface area is 220 Å². The van der Waals surface area contributed by atoms with Crippen molar-refractivity contribution < 1.29 is 4.79 Å². The predicted molar refractivity (Wildman–Crippen MR) is 147 cm³/mol. The summed E-state index contributed by atoms with van der Waals surface area (Å²) in [5.41, 5.74) is 4.82. The smallest absolute Gasteiger partial charge is 0.257 e. The number of hydrogen-bond donors (Lipinski definition) is 2. The van der Waals surface area contributed by atoms with Gasteiger partial charge in [0.2, 0.25) is 0 Å². The van der Waals surface area contributed by atoms with Crippen molar-refractivity contribution in [3.63, 3.8) is 0 Å². The van der Waals surface area contributed by atoms with Crippen LogP contribution in [0.15, 0.2) is 69.8 Å². The van der Waals surface area contributed by atoms with E-state index in [2.05, 4.69) is 50.1 Å². The second kappa shape index (κ2) is 9.56. The highest BCUT2D eigenvalue weighted by molar-refractivity contribution is 7.98. The first-order valence-corrected chi connectivity index (χ1v) is 13.6. The largest absolute Gasteiger partial charge is 0.343 e. The Kier molecular flexibility index (Phi) is 6.60. The summed E-state index contributed by atoms with van der Waals surface area (Å²) < 4.78 is 0. The van der Waals surface area contributed by atoms with E-state index >= 15 is 0 Å². The van der Waals surface area contributed by atoms with Gasteiger partial charge in [0, 0.05) is 34.4 Å². The van der Waals surface area contributed by atoms with Crippen molar-refractivity contribution in [2.24, 2.45) is 5.41 Å². The molecule has 0 spiro atoms. The molecule has 36 heavy (non-hydrogen) atoms. The summed E-state index contributed by atoms with van der Waals surface area (Å²) in [6, 6.07) is 15.9. The van der Waals surface area contributed by atoms with E-state index in [-0.39, 0.29) is 16.8 Å². The lowest BCUT2D eigenvalue weighted by Crippen LogP contribution is -2.37. The molecule has 0 amide bonds. The van der Waals surface area contributed by atoms with Gasteiger partial charge < -0.3 is 10.3 Å². The molecule has 0 bridgehead atoms. The van der Waals surface area contributed by atoms with Gasteiger partial charge in [-0.25, -0.2) is 4.98 Å². The zero-order valence-corrected chi connectivity index (χ0v) is 22.5. The van der Waals surface area contributed by atoms with Crippen LogP contribution in [0.2, 0.25) is 5.02 Å². The maximum Gasteiger partial charge on any atom is 0.257 e. The van der Waals surface area contributed by atoms with Gasteiger partial charge in [0.15, 0.2) is 10.9 Å². The van der Waals surface area contributed by atoms with E-state index in [4.69, 9.17) is 16.6 Å². The number of thioether (sulfide) groups is 1. The summed E-state index contributed by atoms with van der Waals surface area (Å²) >= 11 is 7.75. The predicted octanol–water partition coefficient (Wildman–Crippen LogP) is 7.04. The Morgan fingerprint density at radius 2 is 1.81 bits per heavy atom. The molecule has 0 saturated heterocycles.